The SMILES string of the molecule is Cc1cccc(C)c1CN(C=O)c1cnn(C)c1. The minimum Gasteiger partial charge on any atom is -0.308 e. The molecule has 0 saturated heterocycles. The molecule has 0 atom stereocenters. The molecule has 0 aliphatic rings. The zero-order valence-corrected chi connectivity index (χ0v) is 10.9. The summed E-state index contributed by atoms with van der Waals surface area (Å²) in [6, 6.07) is 6.16. The second-order valence-corrected chi connectivity index (χ2v) is 4.48. The van der Waals surface area contributed by atoms with Gasteiger partial charge in [-0.25, -0.2) is 0 Å². The van der Waals surface area contributed by atoms with Gasteiger partial charge in [0.15, 0.2) is 0 Å². The zero-order valence-electron chi connectivity index (χ0n) is 10.9. The maximum Gasteiger partial charge on any atom is 0.214 e. The molecule has 0 N–H and O–H groups in total. The third-order valence-corrected chi connectivity index (χ3v) is 3.12. The molecule has 0 aliphatic heterocycles. The molecule has 0 spiro atoms. The monoisotopic (exact) mass is 243 g/mol. The molecule has 0 unspecified atom stereocenters. The fourth-order valence-corrected chi connectivity index (χ4v) is 2.01. The lowest BCUT2D eigenvalue weighted by atomic mass is 10.0. The highest BCUT2D eigenvalue weighted by molar-refractivity contribution is 5.74. The molecule has 18 heavy (non-hydrogen) atoms. The van der Waals surface area contributed by atoms with Gasteiger partial charge in [0.05, 0.1) is 18.4 Å². The van der Waals surface area contributed by atoms with Crippen LogP contribution in [0.2, 0.25) is 0 Å². The Kier molecular flexibility index (Phi) is 3.46. The molecule has 1 aromatic carbocycles. The lowest BCUT2D eigenvalue weighted by Crippen LogP contribution is -2.21. The van der Waals surface area contributed by atoms with Gasteiger partial charge in [-0.2, -0.15) is 5.10 Å². The van der Waals surface area contributed by atoms with Crippen LogP contribution in [0.25, 0.3) is 0 Å². The minimum atomic E-state index is 0.577. The second-order valence-electron chi connectivity index (χ2n) is 4.48. The lowest BCUT2D eigenvalue weighted by molar-refractivity contribution is -0.107. The predicted octanol–water partition coefficient (Wildman–Crippen LogP) is 2.20. The quantitative estimate of drug-likeness (QED) is 0.772. The normalized spacial score (nSPS) is 10.4. The minimum absolute atomic E-state index is 0.577. The highest BCUT2D eigenvalue weighted by atomic mass is 16.1. The summed E-state index contributed by atoms with van der Waals surface area (Å²) in [6.45, 7) is 4.71. The van der Waals surface area contributed by atoms with Crippen LogP contribution in [0.1, 0.15) is 16.7 Å². The van der Waals surface area contributed by atoms with E-state index in [4.69, 9.17) is 0 Å². The maximum atomic E-state index is 11.2. The van der Waals surface area contributed by atoms with Gasteiger partial charge in [-0.05, 0) is 30.5 Å². The van der Waals surface area contributed by atoms with Gasteiger partial charge in [0.2, 0.25) is 6.41 Å². The Hall–Kier alpha value is -2.10. The molecule has 0 fully saturated rings. The summed E-state index contributed by atoms with van der Waals surface area (Å²) < 4.78 is 1.69. The van der Waals surface area contributed by atoms with Gasteiger partial charge in [0, 0.05) is 13.2 Å². The van der Waals surface area contributed by atoms with E-state index in [0.29, 0.717) is 6.54 Å². The highest BCUT2D eigenvalue weighted by Crippen LogP contribution is 2.19. The van der Waals surface area contributed by atoms with E-state index in [0.717, 1.165) is 12.1 Å². The van der Waals surface area contributed by atoms with E-state index in [-0.39, 0.29) is 0 Å². The van der Waals surface area contributed by atoms with Crippen LogP contribution in [0, 0.1) is 13.8 Å². The third kappa shape index (κ3) is 2.42. The molecule has 2 aromatic rings. The van der Waals surface area contributed by atoms with Crippen molar-refractivity contribution in [3.05, 3.63) is 47.3 Å². The molecule has 1 amide bonds. The van der Waals surface area contributed by atoms with Crippen molar-refractivity contribution in [2.75, 3.05) is 4.90 Å². The van der Waals surface area contributed by atoms with Crippen molar-refractivity contribution in [3.63, 3.8) is 0 Å². The molecule has 94 valence electrons. The molecular weight excluding hydrogens is 226 g/mol. The van der Waals surface area contributed by atoms with Crippen LogP contribution < -0.4 is 4.90 Å². The van der Waals surface area contributed by atoms with E-state index >= 15 is 0 Å². The number of hydrogen-bond donors (Lipinski definition) is 0. The molecule has 0 saturated carbocycles. The number of carbonyl (C=O) groups excluding carboxylic acids is 1. The predicted molar refractivity (Wildman–Crippen MR) is 71.4 cm³/mol. The Morgan fingerprint density at radius 3 is 2.50 bits per heavy atom. The fraction of sp³-hybridized carbons (Fsp3) is 0.286. The van der Waals surface area contributed by atoms with Gasteiger partial charge in [-0.3, -0.25) is 9.48 Å². The van der Waals surface area contributed by atoms with E-state index in [9.17, 15) is 4.79 Å². The number of carbonyl (C=O) groups is 1. The van der Waals surface area contributed by atoms with Crippen molar-refractivity contribution < 1.29 is 4.79 Å². The molecule has 4 nitrogen and oxygen atoms in total. The summed E-state index contributed by atoms with van der Waals surface area (Å²) in [4.78, 5) is 12.9. The van der Waals surface area contributed by atoms with Crippen LogP contribution in [-0.2, 0) is 18.4 Å². The molecular formula is C14H17N3O. The first kappa shape index (κ1) is 12.4. The number of hydrogen-bond acceptors (Lipinski definition) is 2. The van der Waals surface area contributed by atoms with E-state index < -0.39 is 0 Å². The van der Waals surface area contributed by atoms with Gasteiger partial charge in [0.1, 0.15) is 0 Å². The van der Waals surface area contributed by atoms with Gasteiger partial charge in [0.25, 0.3) is 0 Å². The van der Waals surface area contributed by atoms with Crippen molar-refractivity contribution in [2.45, 2.75) is 20.4 Å². The second kappa shape index (κ2) is 5.04. The van der Waals surface area contributed by atoms with E-state index in [1.165, 1.54) is 16.7 Å². The van der Waals surface area contributed by atoms with Crippen LogP contribution in [0.5, 0.6) is 0 Å². The molecule has 4 heteroatoms. The topological polar surface area (TPSA) is 38.1 Å². The summed E-state index contributed by atoms with van der Waals surface area (Å²) in [5.41, 5.74) is 4.40. The van der Waals surface area contributed by atoms with Gasteiger partial charge < -0.3 is 4.90 Å². The first-order valence-electron chi connectivity index (χ1n) is 5.87. The summed E-state index contributed by atoms with van der Waals surface area (Å²) >= 11 is 0. The van der Waals surface area contributed by atoms with E-state index in [1.807, 2.05) is 19.3 Å². The standard InChI is InChI=1S/C14H17N3O/c1-11-5-4-6-12(2)14(11)9-17(10-18)13-7-15-16(3)8-13/h4-8,10H,9H2,1-3H3. The maximum absolute atomic E-state index is 11.2. The van der Waals surface area contributed by atoms with Crippen LogP contribution >= 0.6 is 0 Å². The smallest absolute Gasteiger partial charge is 0.214 e. The zero-order chi connectivity index (χ0) is 13.1. The van der Waals surface area contributed by atoms with Gasteiger partial charge >= 0.3 is 0 Å². The van der Waals surface area contributed by atoms with Crippen molar-refractivity contribution in [3.8, 4) is 0 Å². The number of amides is 1. The van der Waals surface area contributed by atoms with Crippen LogP contribution in [0.15, 0.2) is 30.6 Å². The van der Waals surface area contributed by atoms with Crippen molar-refractivity contribution in [1.82, 2.24) is 9.78 Å². The van der Waals surface area contributed by atoms with E-state index in [2.05, 4.69) is 31.1 Å². The molecule has 0 aliphatic carbocycles. The third-order valence-electron chi connectivity index (χ3n) is 3.12. The van der Waals surface area contributed by atoms with Gasteiger partial charge in [-0.15, -0.1) is 0 Å². The molecule has 0 radical (unpaired) electrons. The number of anilines is 1. The Bertz CT molecular complexity index is 540. The van der Waals surface area contributed by atoms with Crippen molar-refractivity contribution in [1.29, 1.82) is 0 Å². The van der Waals surface area contributed by atoms with Crippen LogP contribution in [0.4, 0.5) is 5.69 Å². The summed E-state index contributed by atoms with van der Waals surface area (Å²) in [6.07, 6.45) is 4.38. The number of rotatable bonds is 4. The Balaban J connectivity index is 2.28. The van der Waals surface area contributed by atoms with Gasteiger partial charge in [-0.1, -0.05) is 18.2 Å². The van der Waals surface area contributed by atoms with Crippen LogP contribution in [0.3, 0.4) is 0 Å². The largest absolute Gasteiger partial charge is 0.308 e. The number of benzene rings is 1. The summed E-state index contributed by atoms with van der Waals surface area (Å²) in [5.74, 6) is 0. The number of aromatic nitrogens is 2. The average molecular weight is 243 g/mol. The van der Waals surface area contributed by atoms with E-state index in [1.54, 1.807) is 15.8 Å². The summed E-state index contributed by atoms with van der Waals surface area (Å²) in [7, 11) is 1.84. The first-order chi connectivity index (χ1) is 8.61. The molecule has 0 bridgehead atoms. The molecule has 2 rings (SSSR count). The van der Waals surface area contributed by atoms with Crippen molar-refractivity contribution in [2.24, 2.45) is 7.05 Å². The molecule has 1 heterocycles. The fourth-order valence-electron chi connectivity index (χ4n) is 2.01. The Morgan fingerprint density at radius 1 is 1.33 bits per heavy atom. The van der Waals surface area contributed by atoms with Crippen molar-refractivity contribution >= 4 is 12.1 Å². The molecule has 1 aromatic heterocycles. The summed E-state index contributed by atoms with van der Waals surface area (Å²) in [5, 5.41) is 4.09. The average Bonchev–Trinajstić information content (AvgIpc) is 2.76. The Morgan fingerprint density at radius 2 is 2.00 bits per heavy atom. The Labute approximate surface area is 107 Å². The van der Waals surface area contributed by atoms with Crippen LogP contribution in [-0.4, -0.2) is 16.2 Å². The number of nitrogens with zero attached hydrogens (tertiary/aromatic N) is 3. The number of aryl methyl sites for hydroxylation is 3. The lowest BCUT2D eigenvalue weighted by Gasteiger charge is -2.18. The first-order valence-corrected chi connectivity index (χ1v) is 5.87. The highest BCUT2D eigenvalue weighted by Gasteiger charge is 2.11.